The molecule has 1 saturated heterocycles. The minimum absolute atomic E-state index is 0.565. The maximum atomic E-state index is 4.52. The Balaban J connectivity index is 1.95. The lowest BCUT2D eigenvalue weighted by Gasteiger charge is -2.33. The Morgan fingerprint density at radius 3 is 2.82 bits per heavy atom. The largest absolute Gasteiger partial charge is 0.301 e. The van der Waals surface area contributed by atoms with Gasteiger partial charge in [0.2, 0.25) is 0 Å². The predicted octanol–water partition coefficient (Wildman–Crippen LogP) is 3.14. The molecular formula is C14H21NS2. The Bertz CT molecular complexity index is 328. The summed E-state index contributed by atoms with van der Waals surface area (Å²) in [5.74, 6) is 2.77. The molecule has 1 aromatic carbocycles. The Labute approximate surface area is 114 Å². The number of thiol groups is 1. The van der Waals surface area contributed by atoms with Crippen molar-refractivity contribution >= 4 is 24.4 Å². The van der Waals surface area contributed by atoms with Gasteiger partial charge in [-0.25, -0.2) is 0 Å². The van der Waals surface area contributed by atoms with Gasteiger partial charge in [0.15, 0.2) is 0 Å². The van der Waals surface area contributed by atoms with E-state index in [4.69, 9.17) is 0 Å². The summed E-state index contributed by atoms with van der Waals surface area (Å²) in [6.07, 6.45) is 0. The molecule has 1 aliphatic heterocycles. The molecule has 3 heteroatoms. The van der Waals surface area contributed by atoms with Crippen LogP contribution < -0.4 is 0 Å². The highest BCUT2D eigenvalue weighted by Crippen LogP contribution is 2.23. The lowest BCUT2D eigenvalue weighted by Crippen LogP contribution is -2.39. The van der Waals surface area contributed by atoms with E-state index in [0.29, 0.717) is 5.92 Å². The molecule has 0 radical (unpaired) electrons. The third kappa shape index (κ3) is 3.94. The van der Waals surface area contributed by atoms with Crippen LogP contribution in [0.3, 0.4) is 0 Å². The maximum absolute atomic E-state index is 4.52. The van der Waals surface area contributed by atoms with E-state index >= 15 is 0 Å². The van der Waals surface area contributed by atoms with Gasteiger partial charge < -0.3 is 4.90 Å². The maximum Gasteiger partial charge on any atom is 0.0147 e. The second kappa shape index (κ2) is 6.72. The summed E-state index contributed by atoms with van der Waals surface area (Å²) in [5, 5.41) is 0.778. The molecule has 0 aromatic heterocycles. The average Bonchev–Trinajstić information content (AvgIpc) is 2.37. The number of thioether (sulfide) groups is 1. The molecule has 2 unspecified atom stereocenters. The lowest BCUT2D eigenvalue weighted by molar-refractivity contribution is 0.274. The molecule has 0 spiro atoms. The van der Waals surface area contributed by atoms with Crippen molar-refractivity contribution < 1.29 is 0 Å². The lowest BCUT2D eigenvalue weighted by atomic mass is 10.0. The van der Waals surface area contributed by atoms with E-state index in [2.05, 4.69) is 66.5 Å². The highest BCUT2D eigenvalue weighted by atomic mass is 32.2. The monoisotopic (exact) mass is 267 g/mol. The van der Waals surface area contributed by atoms with Crippen LogP contribution in [0.25, 0.3) is 0 Å². The summed E-state index contributed by atoms with van der Waals surface area (Å²) in [4.78, 5) is 2.59. The number of nitrogens with zero attached hydrogens (tertiary/aromatic N) is 1. The molecule has 17 heavy (non-hydrogen) atoms. The fourth-order valence-electron chi connectivity index (χ4n) is 2.36. The number of benzene rings is 1. The Kier molecular flexibility index (Phi) is 5.26. The van der Waals surface area contributed by atoms with Crippen molar-refractivity contribution in [3.63, 3.8) is 0 Å². The third-order valence-corrected chi connectivity index (χ3v) is 4.87. The van der Waals surface area contributed by atoms with Crippen molar-refractivity contribution in [2.45, 2.75) is 18.1 Å². The van der Waals surface area contributed by atoms with Gasteiger partial charge in [-0.15, -0.1) is 0 Å². The van der Waals surface area contributed by atoms with E-state index in [-0.39, 0.29) is 0 Å². The third-order valence-electron chi connectivity index (χ3n) is 3.30. The van der Waals surface area contributed by atoms with Gasteiger partial charge in [-0.3, -0.25) is 0 Å². The molecule has 0 saturated carbocycles. The van der Waals surface area contributed by atoms with Gasteiger partial charge in [0.05, 0.1) is 0 Å². The van der Waals surface area contributed by atoms with Crippen molar-refractivity contribution in [1.82, 2.24) is 4.90 Å². The van der Waals surface area contributed by atoms with E-state index in [9.17, 15) is 0 Å². The van der Waals surface area contributed by atoms with Gasteiger partial charge in [0, 0.05) is 36.6 Å². The first-order valence-electron chi connectivity index (χ1n) is 6.29. The molecule has 1 heterocycles. The normalized spacial score (nSPS) is 23.5. The molecule has 0 amide bonds. The zero-order valence-electron chi connectivity index (χ0n) is 10.4. The molecule has 1 aliphatic rings. The first kappa shape index (κ1) is 13.3. The van der Waals surface area contributed by atoms with Crippen LogP contribution in [-0.2, 0) is 0 Å². The van der Waals surface area contributed by atoms with Gasteiger partial charge in [-0.1, -0.05) is 37.3 Å². The van der Waals surface area contributed by atoms with Crippen LogP contribution in [0.1, 0.15) is 18.4 Å². The van der Waals surface area contributed by atoms with Crippen molar-refractivity contribution in [3.05, 3.63) is 35.9 Å². The van der Waals surface area contributed by atoms with Gasteiger partial charge in [-0.2, -0.15) is 24.4 Å². The van der Waals surface area contributed by atoms with E-state index < -0.39 is 0 Å². The second-order valence-corrected chi connectivity index (χ2v) is 6.64. The van der Waals surface area contributed by atoms with Crippen molar-refractivity contribution in [1.29, 1.82) is 0 Å². The summed E-state index contributed by atoms with van der Waals surface area (Å²) < 4.78 is 0. The van der Waals surface area contributed by atoms with Crippen molar-refractivity contribution in [2.75, 3.05) is 31.1 Å². The highest BCUT2D eigenvalue weighted by Gasteiger charge is 2.20. The van der Waals surface area contributed by atoms with E-state index in [1.54, 1.807) is 0 Å². The predicted molar refractivity (Wildman–Crippen MR) is 81.4 cm³/mol. The van der Waals surface area contributed by atoms with Gasteiger partial charge in [0.1, 0.15) is 0 Å². The Hall–Kier alpha value is -0.120. The van der Waals surface area contributed by atoms with Crippen LogP contribution in [0.4, 0.5) is 0 Å². The van der Waals surface area contributed by atoms with Gasteiger partial charge >= 0.3 is 0 Å². The van der Waals surface area contributed by atoms with Crippen LogP contribution in [0.15, 0.2) is 30.3 Å². The molecular weight excluding hydrogens is 246 g/mol. The minimum Gasteiger partial charge on any atom is -0.301 e. The zero-order valence-corrected chi connectivity index (χ0v) is 12.1. The quantitative estimate of drug-likeness (QED) is 0.835. The van der Waals surface area contributed by atoms with Crippen LogP contribution in [0.5, 0.6) is 0 Å². The highest BCUT2D eigenvalue weighted by molar-refractivity contribution is 7.99. The molecule has 1 aromatic rings. The summed E-state index contributed by atoms with van der Waals surface area (Å²) in [5.41, 5.74) is 1.42. The molecule has 2 atom stereocenters. The van der Waals surface area contributed by atoms with Gasteiger partial charge in [-0.05, 0) is 11.3 Å². The first-order chi connectivity index (χ1) is 8.29. The van der Waals surface area contributed by atoms with E-state index in [0.717, 1.165) is 17.5 Å². The Morgan fingerprint density at radius 2 is 2.18 bits per heavy atom. The van der Waals surface area contributed by atoms with Crippen molar-refractivity contribution in [3.8, 4) is 0 Å². The number of hydrogen-bond donors (Lipinski definition) is 1. The number of hydrogen-bond acceptors (Lipinski definition) is 3. The fraction of sp³-hybridized carbons (Fsp3) is 0.571. The Morgan fingerprint density at radius 1 is 1.41 bits per heavy atom. The molecule has 0 bridgehead atoms. The van der Waals surface area contributed by atoms with E-state index in [1.165, 1.54) is 24.4 Å². The minimum atomic E-state index is 0.565. The fourth-order valence-corrected chi connectivity index (χ4v) is 3.77. The molecule has 94 valence electrons. The molecule has 1 nitrogen and oxygen atoms in total. The van der Waals surface area contributed by atoms with Crippen LogP contribution in [0.2, 0.25) is 0 Å². The van der Waals surface area contributed by atoms with Crippen LogP contribution >= 0.6 is 24.4 Å². The van der Waals surface area contributed by atoms with Crippen LogP contribution in [-0.4, -0.2) is 41.3 Å². The topological polar surface area (TPSA) is 3.24 Å². The summed E-state index contributed by atoms with van der Waals surface area (Å²) >= 11 is 6.61. The van der Waals surface area contributed by atoms with Crippen molar-refractivity contribution in [2.24, 2.45) is 0 Å². The SMILES string of the molecule is CC1CN(CC(CS)c2ccccc2)CCS1. The zero-order chi connectivity index (χ0) is 12.1. The first-order valence-corrected chi connectivity index (χ1v) is 7.97. The van der Waals surface area contributed by atoms with Gasteiger partial charge in [0.25, 0.3) is 0 Å². The molecule has 0 N–H and O–H groups in total. The summed E-state index contributed by atoms with van der Waals surface area (Å²) in [6.45, 7) is 5.93. The molecule has 2 rings (SSSR count). The second-order valence-electron chi connectivity index (χ2n) is 4.73. The summed E-state index contributed by atoms with van der Waals surface area (Å²) in [6, 6.07) is 10.8. The van der Waals surface area contributed by atoms with Crippen LogP contribution in [0, 0.1) is 0 Å². The average molecular weight is 267 g/mol. The van der Waals surface area contributed by atoms with E-state index in [1.807, 2.05) is 0 Å². The standard InChI is InChI=1S/C14H21NS2/c1-12-9-15(7-8-17-12)10-14(11-16)13-5-3-2-4-6-13/h2-6,12,14,16H,7-11H2,1H3. The smallest absolute Gasteiger partial charge is 0.0147 e. The molecule has 0 aliphatic carbocycles. The molecule has 1 fully saturated rings. The number of rotatable bonds is 4. The summed E-state index contributed by atoms with van der Waals surface area (Å²) in [7, 11) is 0.